The van der Waals surface area contributed by atoms with Crippen molar-refractivity contribution >= 4 is 29.0 Å². The van der Waals surface area contributed by atoms with Gasteiger partial charge in [0.1, 0.15) is 11.5 Å². The van der Waals surface area contributed by atoms with Gasteiger partial charge in [-0.25, -0.2) is 0 Å². The van der Waals surface area contributed by atoms with Crippen LogP contribution in [-0.2, 0) is 4.79 Å². The van der Waals surface area contributed by atoms with Crippen LogP contribution in [-0.4, -0.2) is 38.5 Å². The standard InChI is InChI=1S/C19H22N2O3S/c1-13-11-21(16-6-4-5-7-18(16)25-13)12-19(22)20-15-10-14(23-2)8-9-17(15)24-3/h4-10,13H,11-12H2,1-3H3,(H,20,22). The summed E-state index contributed by atoms with van der Waals surface area (Å²) in [7, 11) is 3.17. The van der Waals surface area contributed by atoms with Crippen molar-refractivity contribution in [2.24, 2.45) is 0 Å². The van der Waals surface area contributed by atoms with Crippen LogP contribution in [0.15, 0.2) is 47.4 Å². The molecule has 1 atom stereocenters. The summed E-state index contributed by atoms with van der Waals surface area (Å²) in [5.41, 5.74) is 1.72. The maximum atomic E-state index is 12.6. The lowest BCUT2D eigenvalue weighted by Crippen LogP contribution is -2.39. The summed E-state index contributed by atoms with van der Waals surface area (Å²) < 4.78 is 10.5. The zero-order valence-electron chi connectivity index (χ0n) is 14.6. The summed E-state index contributed by atoms with van der Waals surface area (Å²) in [5, 5.41) is 3.38. The molecule has 0 radical (unpaired) electrons. The maximum Gasteiger partial charge on any atom is 0.243 e. The summed E-state index contributed by atoms with van der Waals surface area (Å²) in [6, 6.07) is 13.5. The summed E-state index contributed by atoms with van der Waals surface area (Å²) >= 11 is 1.85. The molecule has 1 heterocycles. The second-order valence-corrected chi connectivity index (χ2v) is 7.37. The molecule has 1 aliphatic heterocycles. The fourth-order valence-corrected chi connectivity index (χ4v) is 4.07. The zero-order chi connectivity index (χ0) is 17.8. The smallest absolute Gasteiger partial charge is 0.243 e. The molecule has 0 fully saturated rings. The highest BCUT2D eigenvalue weighted by atomic mass is 32.2. The molecule has 0 aliphatic carbocycles. The molecule has 5 nitrogen and oxygen atoms in total. The highest BCUT2D eigenvalue weighted by Crippen LogP contribution is 2.38. The van der Waals surface area contributed by atoms with Crippen LogP contribution in [0.2, 0.25) is 0 Å². The molecule has 1 unspecified atom stereocenters. The molecule has 2 aromatic carbocycles. The minimum atomic E-state index is -0.0829. The number of methoxy groups -OCH3 is 2. The van der Waals surface area contributed by atoms with Crippen molar-refractivity contribution in [3.05, 3.63) is 42.5 Å². The Morgan fingerprint density at radius 3 is 2.80 bits per heavy atom. The van der Waals surface area contributed by atoms with Crippen molar-refractivity contribution < 1.29 is 14.3 Å². The molecule has 25 heavy (non-hydrogen) atoms. The summed E-state index contributed by atoms with van der Waals surface area (Å²) in [6.45, 7) is 3.31. The molecular weight excluding hydrogens is 336 g/mol. The normalized spacial score (nSPS) is 16.1. The van der Waals surface area contributed by atoms with E-state index in [1.807, 2.05) is 23.9 Å². The van der Waals surface area contributed by atoms with Gasteiger partial charge in [0.2, 0.25) is 5.91 Å². The first kappa shape index (κ1) is 17.5. The number of anilines is 2. The van der Waals surface area contributed by atoms with E-state index in [1.165, 1.54) is 4.90 Å². The number of ether oxygens (including phenoxy) is 2. The molecule has 0 saturated carbocycles. The van der Waals surface area contributed by atoms with Gasteiger partial charge in [-0.2, -0.15) is 0 Å². The minimum Gasteiger partial charge on any atom is -0.497 e. The predicted molar refractivity (Wildman–Crippen MR) is 102 cm³/mol. The Bertz CT molecular complexity index is 766. The van der Waals surface area contributed by atoms with Gasteiger partial charge in [-0.1, -0.05) is 19.1 Å². The summed E-state index contributed by atoms with van der Waals surface area (Å²) in [5.74, 6) is 1.20. The molecule has 0 bridgehead atoms. The van der Waals surface area contributed by atoms with Crippen LogP contribution in [0.4, 0.5) is 11.4 Å². The lowest BCUT2D eigenvalue weighted by Gasteiger charge is -2.33. The Balaban J connectivity index is 1.75. The van der Waals surface area contributed by atoms with Crippen LogP contribution < -0.4 is 19.7 Å². The van der Waals surface area contributed by atoms with Gasteiger partial charge in [0.15, 0.2) is 0 Å². The Morgan fingerprint density at radius 1 is 1.24 bits per heavy atom. The van der Waals surface area contributed by atoms with Crippen molar-refractivity contribution in [2.75, 3.05) is 37.5 Å². The minimum absolute atomic E-state index is 0.0829. The van der Waals surface area contributed by atoms with E-state index in [4.69, 9.17) is 9.47 Å². The first-order chi connectivity index (χ1) is 12.1. The van der Waals surface area contributed by atoms with Crippen molar-refractivity contribution in [3.63, 3.8) is 0 Å². The van der Waals surface area contributed by atoms with Gasteiger partial charge in [-0.3, -0.25) is 4.79 Å². The number of hydrogen-bond donors (Lipinski definition) is 1. The van der Waals surface area contributed by atoms with Gasteiger partial charge in [0.25, 0.3) is 0 Å². The van der Waals surface area contributed by atoms with E-state index in [2.05, 4.69) is 29.3 Å². The van der Waals surface area contributed by atoms with Crippen LogP contribution in [0.1, 0.15) is 6.92 Å². The van der Waals surface area contributed by atoms with E-state index in [-0.39, 0.29) is 5.91 Å². The highest BCUT2D eigenvalue weighted by Gasteiger charge is 2.24. The molecule has 3 rings (SSSR count). The zero-order valence-corrected chi connectivity index (χ0v) is 15.4. The Hall–Kier alpha value is -2.34. The van der Waals surface area contributed by atoms with Gasteiger partial charge >= 0.3 is 0 Å². The van der Waals surface area contributed by atoms with Crippen molar-refractivity contribution in [2.45, 2.75) is 17.1 Å². The molecule has 0 aromatic heterocycles. The molecule has 6 heteroatoms. The number of benzene rings is 2. The molecule has 1 amide bonds. The molecule has 0 spiro atoms. The van der Waals surface area contributed by atoms with Crippen LogP contribution in [0.5, 0.6) is 11.5 Å². The first-order valence-electron chi connectivity index (χ1n) is 8.13. The average Bonchev–Trinajstić information content (AvgIpc) is 2.61. The van der Waals surface area contributed by atoms with E-state index in [0.29, 0.717) is 29.0 Å². The lowest BCUT2D eigenvalue weighted by molar-refractivity contribution is -0.115. The maximum absolute atomic E-state index is 12.6. The van der Waals surface area contributed by atoms with E-state index in [0.717, 1.165) is 12.2 Å². The van der Waals surface area contributed by atoms with Crippen molar-refractivity contribution in [3.8, 4) is 11.5 Å². The van der Waals surface area contributed by atoms with Gasteiger partial charge in [0.05, 0.1) is 32.1 Å². The number of hydrogen-bond acceptors (Lipinski definition) is 5. The van der Waals surface area contributed by atoms with Crippen molar-refractivity contribution in [1.82, 2.24) is 0 Å². The molecule has 2 aromatic rings. The first-order valence-corrected chi connectivity index (χ1v) is 9.01. The van der Waals surface area contributed by atoms with Gasteiger partial charge in [-0.15, -0.1) is 11.8 Å². The third-order valence-electron chi connectivity index (χ3n) is 4.03. The highest BCUT2D eigenvalue weighted by molar-refractivity contribution is 8.00. The van der Waals surface area contributed by atoms with Crippen LogP contribution in [0.25, 0.3) is 0 Å². The topological polar surface area (TPSA) is 50.8 Å². The third-order valence-corrected chi connectivity index (χ3v) is 5.18. The van der Waals surface area contributed by atoms with Gasteiger partial charge in [-0.05, 0) is 24.3 Å². The molecule has 0 saturated heterocycles. The quantitative estimate of drug-likeness (QED) is 0.884. The number of thioether (sulfide) groups is 1. The van der Waals surface area contributed by atoms with Crippen LogP contribution in [0.3, 0.4) is 0 Å². The average molecular weight is 358 g/mol. The van der Waals surface area contributed by atoms with Crippen LogP contribution in [0, 0.1) is 0 Å². The molecule has 1 aliphatic rings. The van der Waals surface area contributed by atoms with E-state index >= 15 is 0 Å². The number of carbonyl (C=O) groups is 1. The van der Waals surface area contributed by atoms with Gasteiger partial charge < -0.3 is 19.7 Å². The van der Waals surface area contributed by atoms with E-state index in [9.17, 15) is 4.79 Å². The second-order valence-electron chi connectivity index (χ2n) is 5.89. The lowest BCUT2D eigenvalue weighted by atomic mass is 10.2. The Kier molecular flexibility index (Phi) is 5.38. The SMILES string of the molecule is COc1ccc(OC)c(NC(=O)CN2CC(C)Sc3ccccc32)c1. The number of nitrogens with zero attached hydrogens (tertiary/aromatic N) is 1. The van der Waals surface area contributed by atoms with Crippen molar-refractivity contribution in [1.29, 1.82) is 0 Å². The largest absolute Gasteiger partial charge is 0.497 e. The number of nitrogens with one attached hydrogen (secondary N) is 1. The van der Waals surface area contributed by atoms with Crippen LogP contribution >= 0.6 is 11.8 Å². The fourth-order valence-electron chi connectivity index (χ4n) is 2.91. The Morgan fingerprint density at radius 2 is 2.04 bits per heavy atom. The Labute approximate surface area is 152 Å². The molecule has 132 valence electrons. The molecular formula is C19H22N2O3S. The second kappa shape index (κ2) is 7.70. The van der Waals surface area contributed by atoms with Gasteiger partial charge in [0, 0.05) is 22.8 Å². The number of fused-ring (bicyclic) bond motifs is 1. The molecule has 1 N–H and O–H groups in total. The number of para-hydroxylation sites is 1. The summed E-state index contributed by atoms with van der Waals surface area (Å²) in [4.78, 5) is 15.9. The number of amides is 1. The fraction of sp³-hybridized carbons (Fsp3) is 0.316. The third kappa shape index (κ3) is 4.02. The number of carbonyl (C=O) groups excluding carboxylic acids is 1. The number of rotatable bonds is 5. The predicted octanol–water partition coefficient (Wildman–Crippen LogP) is 3.64. The monoisotopic (exact) mass is 358 g/mol. The van der Waals surface area contributed by atoms with E-state index in [1.54, 1.807) is 32.4 Å². The summed E-state index contributed by atoms with van der Waals surface area (Å²) in [6.07, 6.45) is 0. The van der Waals surface area contributed by atoms with E-state index < -0.39 is 0 Å².